The average Bonchev–Trinajstić information content (AvgIpc) is 2.98. The van der Waals surface area contributed by atoms with Gasteiger partial charge in [0, 0.05) is 12.0 Å². The molecule has 6 heteroatoms. The number of nitrogens with two attached hydrogens (primary N) is 1. The molecule has 3 rings (SSSR count). The minimum atomic E-state index is 0.462. The molecule has 0 bridgehead atoms. The summed E-state index contributed by atoms with van der Waals surface area (Å²) in [5.41, 5.74) is 6.32. The summed E-state index contributed by atoms with van der Waals surface area (Å²) in [5, 5.41) is 13.9. The zero-order chi connectivity index (χ0) is 11.7. The molecule has 1 saturated carbocycles. The van der Waals surface area contributed by atoms with E-state index in [1.165, 1.54) is 32.1 Å². The highest BCUT2D eigenvalue weighted by Gasteiger charge is 2.19. The molecule has 1 aliphatic carbocycles. The first-order valence-corrected chi connectivity index (χ1v) is 6.06. The van der Waals surface area contributed by atoms with E-state index in [0.29, 0.717) is 17.6 Å². The first-order chi connectivity index (χ1) is 8.33. The van der Waals surface area contributed by atoms with Crippen LogP contribution in [0.25, 0.3) is 11.5 Å². The molecular weight excluding hydrogens is 216 g/mol. The number of H-pyrrole nitrogens is 2. The second-order valence-corrected chi connectivity index (χ2v) is 4.59. The predicted octanol–water partition coefficient (Wildman–Crippen LogP) is 1.82. The maximum atomic E-state index is 5.56. The Morgan fingerprint density at radius 2 is 1.94 bits per heavy atom. The second-order valence-electron chi connectivity index (χ2n) is 4.59. The van der Waals surface area contributed by atoms with Crippen LogP contribution in [-0.2, 0) is 0 Å². The largest absolute Gasteiger partial charge is 0.382 e. The number of nitrogen functional groups attached to an aromatic ring is 1. The third-order valence-corrected chi connectivity index (χ3v) is 3.33. The molecule has 1 fully saturated rings. The molecule has 2 heterocycles. The molecule has 2 aromatic heterocycles. The van der Waals surface area contributed by atoms with Crippen LogP contribution in [0.3, 0.4) is 0 Å². The maximum absolute atomic E-state index is 5.56. The number of rotatable bonds is 2. The molecular formula is C11H16N6. The Hall–Kier alpha value is -1.85. The van der Waals surface area contributed by atoms with E-state index in [1.807, 2.05) is 0 Å². The molecule has 0 amide bonds. The number of aromatic nitrogens is 5. The second kappa shape index (κ2) is 4.20. The van der Waals surface area contributed by atoms with Gasteiger partial charge in [0.05, 0.1) is 0 Å². The summed E-state index contributed by atoms with van der Waals surface area (Å²) in [6.07, 6.45) is 6.34. The Labute approximate surface area is 99.0 Å². The monoisotopic (exact) mass is 232 g/mol. The van der Waals surface area contributed by atoms with Crippen LogP contribution < -0.4 is 5.73 Å². The van der Waals surface area contributed by atoms with E-state index in [-0.39, 0.29) is 0 Å². The normalized spacial score (nSPS) is 17.4. The van der Waals surface area contributed by atoms with Gasteiger partial charge in [0.25, 0.3) is 0 Å². The van der Waals surface area contributed by atoms with Crippen molar-refractivity contribution >= 4 is 5.82 Å². The van der Waals surface area contributed by atoms with Gasteiger partial charge in [-0.15, -0.1) is 0 Å². The summed E-state index contributed by atoms with van der Waals surface area (Å²) >= 11 is 0. The fraction of sp³-hybridized carbons (Fsp3) is 0.545. The van der Waals surface area contributed by atoms with Gasteiger partial charge in [-0.25, -0.2) is 4.98 Å². The molecule has 0 saturated heterocycles. The van der Waals surface area contributed by atoms with Crippen molar-refractivity contribution in [1.29, 1.82) is 0 Å². The predicted molar refractivity (Wildman–Crippen MR) is 64.2 cm³/mol. The van der Waals surface area contributed by atoms with E-state index in [4.69, 9.17) is 5.73 Å². The molecule has 2 aromatic rings. The lowest BCUT2D eigenvalue weighted by molar-refractivity contribution is 0.429. The van der Waals surface area contributed by atoms with Crippen molar-refractivity contribution in [2.75, 3.05) is 5.73 Å². The Bertz CT molecular complexity index is 494. The maximum Gasteiger partial charge on any atom is 0.199 e. The fourth-order valence-electron chi connectivity index (χ4n) is 2.41. The minimum Gasteiger partial charge on any atom is -0.382 e. The van der Waals surface area contributed by atoms with Crippen molar-refractivity contribution in [2.24, 2.45) is 0 Å². The molecule has 0 aliphatic heterocycles. The van der Waals surface area contributed by atoms with Gasteiger partial charge in [0.1, 0.15) is 17.3 Å². The van der Waals surface area contributed by atoms with Gasteiger partial charge in [-0.2, -0.15) is 10.2 Å². The van der Waals surface area contributed by atoms with Gasteiger partial charge in [-0.3, -0.25) is 10.2 Å². The lowest BCUT2D eigenvalue weighted by Crippen LogP contribution is -2.06. The highest BCUT2D eigenvalue weighted by molar-refractivity contribution is 5.53. The van der Waals surface area contributed by atoms with Crippen LogP contribution >= 0.6 is 0 Å². The number of nitrogens with zero attached hydrogens (tertiary/aromatic N) is 3. The van der Waals surface area contributed by atoms with Crippen LogP contribution in [0.15, 0.2) is 6.07 Å². The number of hydrogen-bond acceptors (Lipinski definition) is 4. The smallest absolute Gasteiger partial charge is 0.199 e. The minimum absolute atomic E-state index is 0.462. The number of hydrogen-bond donors (Lipinski definition) is 3. The molecule has 0 radical (unpaired) electrons. The summed E-state index contributed by atoms with van der Waals surface area (Å²) in [7, 11) is 0. The zero-order valence-electron chi connectivity index (χ0n) is 9.61. The van der Waals surface area contributed by atoms with Gasteiger partial charge >= 0.3 is 0 Å². The van der Waals surface area contributed by atoms with Crippen LogP contribution in [0.4, 0.5) is 5.82 Å². The van der Waals surface area contributed by atoms with E-state index in [0.717, 1.165) is 11.5 Å². The SMILES string of the molecule is Nc1cc(-c2n[nH]c(C3CCCCC3)n2)[nH]n1. The summed E-state index contributed by atoms with van der Waals surface area (Å²) < 4.78 is 0. The number of aromatic amines is 2. The first-order valence-electron chi connectivity index (χ1n) is 6.06. The van der Waals surface area contributed by atoms with Crippen LogP contribution in [0.2, 0.25) is 0 Å². The Morgan fingerprint density at radius 1 is 1.12 bits per heavy atom. The molecule has 4 N–H and O–H groups in total. The summed E-state index contributed by atoms with van der Waals surface area (Å²) in [4.78, 5) is 4.52. The summed E-state index contributed by atoms with van der Waals surface area (Å²) in [5.74, 6) is 2.64. The van der Waals surface area contributed by atoms with Gasteiger partial charge in [0.2, 0.25) is 0 Å². The number of nitrogens with one attached hydrogen (secondary N) is 2. The summed E-state index contributed by atoms with van der Waals surface area (Å²) in [6.45, 7) is 0. The highest BCUT2D eigenvalue weighted by atomic mass is 15.2. The molecule has 17 heavy (non-hydrogen) atoms. The number of anilines is 1. The molecule has 0 aromatic carbocycles. The molecule has 0 unspecified atom stereocenters. The van der Waals surface area contributed by atoms with Crippen molar-refractivity contribution in [3.8, 4) is 11.5 Å². The quantitative estimate of drug-likeness (QED) is 0.735. The Morgan fingerprint density at radius 3 is 2.65 bits per heavy atom. The fourth-order valence-corrected chi connectivity index (χ4v) is 2.41. The van der Waals surface area contributed by atoms with Crippen LogP contribution in [0.1, 0.15) is 43.8 Å². The molecule has 90 valence electrons. The third kappa shape index (κ3) is 2.02. The highest BCUT2D eigenvalue weighted by Crippen LogP contribution is 2.31. The molecule has 0 spiro atoms. The van der Waals surface area contributed by atoms with Gasteiger partial charge in [-0.1, -0.05) is 19.3 Å². The van der Waals surface area contributed by atoms with Crippen molar-refractivity contribution in [1.82, 2.24) is 25.4 Å². The molecule has 0 atom stereocenters. The zero-order valence-corrected chi connectivity index (χ0v) is 9.61. The van der Waals surface area contributed by atoms with E-state index in [9.17, 15) is 0 Å². The molecule has 1 aliphatic rings. The van der Waals surface area contributed by atoms with Crippen LogP contribution in [0.5, 0.6) is 0 Å². The van der Waals surface area contributed by atoms with Gasteiger partial charge < -0.3 is 5.73 Å². The van der Waals surface area contributed by atoms with E-state index < -0.39 is 0 Å². The van der Waals surface area contributed by atoms with Crippen molar-refractivity contribution in [3.05, 3.63) is 11.9 Å². The topological polar surface area (TPSA) is 96.3 Å². The van der Waals surface area contributed by atoms with Crippen molar-refractivity contribution < 1.29 is 0 Å². The molecule has 6 nitrogen and oxygen atoms in total. The lowest BCUT2D eigenvalue weighted by Gasteiger charge is -2.18. The van der Waals surface area contributed by atoms with E-state index in [2.05, 4.69) is 25.4 Å². The first kappa shape index (κ1) is 10.3. The van der Waals surface area contributed by atoms with E-state index in [1.54, 1.807) is 6.07 Å². The lowest BCUT2D eigenvalue weighted by atomic mass is 9.89. The van der Waals surface area contributed by atoms with Gasteiger partial charge in [0.15, 0.2) is 5.82 Å². The van der Waals surface area contributed by atoms with Gasteiger partial charge in [-0.05, 0) is 12.8 Å². The van der Waals surface area contributed by atoms with Crippen LogP contribution in [0, 0.1) is 0 Å². The van der Waals surface area contributed by atoms with Crippen molar-refractivity contribution in [3.63, 3.8) is 0 Å². The standard InChI is InChI=1S/C11H16N6/c12-9-6-8(14-15-9)11-13-10(16-17-11)7-4-2-1-3-5-7/h6-7H,1-5H2,(H3,12,14,15)(H,13,16,17). The Kier molecular flexibility index (Phi) is 2.55. The Balaban J connectivity index is 1.82. The summed E-state index contributed by atoms with van der Waals surface area (Å²) in [6, 6.07) is 1.74. The third-order valence-electron chi connectivity index (χ3n) is 3.33. The van der Waals surface area contributed by atoms with E-state index >= 15 is 0 Å². The average molecular weight is 232 g/mol. The van der Waals surface area contributed by atoms with Crippen LogP contribution in [-0.4, -0.2) is 25.4 Å². The van der Waals surface area contributed by atoms with Crippen molar-refractivity contribution in [2.45, 2.75) is 38.0 Å².